The maximum atomic E-state index is 14.0. The zero-order valence-electron chi connectivity index (χ0n) is 22.5. The van der Waals surface area contributed by atoms with Crippen molar-refractivity contribution >= 4 is 30.8 Å². The van der Waals surface area contributed by atoms with Crippen LogP contribution in [0, 0.1) is 0 Å². The minimum absolute atomic E-state index is 0.139. The molecule has 2 aliphatic rings. The molecule has 1 aromatic carbocycles. The van der Waals surface area contributed by atoms with Gasteiger partial charge in [0.1, 0.15) is 24.0 Å². The van der Waals surface area contributed by atoms with E-state index in [4.69, 9.17) is 19.9 Å². The number of aromatic nitrogens is 2. The number of hydrogen-bond acceptors (Lipinski definition) is 6. The monoisotopic (exact) mass is 562 g/mol. The maximum absolute atomic E-state index is 14.0. The third-order valence-corrected chi connectivity index (χ3v) is 9.05. The number of nitrogens with zero attached hydrogens (tertiary/aromatic N) is 3. The molecule has 0 saturated carbocycles. The van der Waals surface area contributed by atoms with Crippen LogP contribution in [0.15, 0.2) is 24.3 Å². The number of benzene rings is 1. The fourth-order valence-electron chi connectivity index (χ4n) is 5.12. The molecule has 0 aliphatic carbocycles. The number of ether oxygens (including phenoxy) is 3. The maximum Gasteiger partial charge on any atom is 0.416 e. The lowest BCUT2D eigenvalue weighted by atomic mass is 9.97. The average molecular weight is 563 g/mol. The third-order valence-electron chi connectivity index (χ3n) is 7.34. The van der Waals surface area contributed by atoms with Gasteiger partial charge in [-0.3, -0.25) is 4.79 Å². The van der Waals surface area contributed by atoms with E-state index in [9.17, 15) is 18.0 Å². The minimum atomic E-state index is -4.48. The van der Waals surface area contributed by atoms with Crippen LogP contribution in [0.25, 0.3) is 11.0 Å². The first-order valence-corrected chi connectivity index (χ1v) is 16.6. The van der Waals surface area contributed by atoms with Gasteiger partial charge in [-0.25, -0.2) is 4.98 Å². The summed E-state index contributed by atoms with van der Waals surface area (Å²) in [6.45, 7) is 8.43. The molecule has 210 valence electrons. The highest BCUT2D eigenvalue weighted by atomic mass is 28.3. The largest absolute Gasteiger partial charge is 0.493 e. The van der Waals surface area contributed by atoms with Crippen molar-refractivity contribution in [2.24, 2.45) is 0 Å². The Kier molecular flexibility index (Phi) is 7.14. The summed E-state index contributed by atoms with van der Waals surface area (Å²) in [5.41, 5.74) is 9.35. The number of nitrogen functional groups attached to an aromatic ring is 1. The lowest BCUT2D eigenvalue weighted by molar-refractivity contribution is -0.137. The molecule has 12 heteroatoms. The molecule has 0 spiro atoms. The van der Waals surface area contributed by atoms with Gasteiger partial charge in [0.15, 0.2) is 0 Å². The molecular formula is C27H33F3N4O4Si. The van der Waals surface area contributed by atoms with Crippen LogP contribution in [0.2, 0.25) is 25.7 Å². The van der Waals surface area contributed by atoms with Gasteiger partial charge in [0, 0.05) is 44.8 Å². The number of amides is 1. The topological polar surface area (TPSA) is 91.8 Å². The number of carbonyl (C=O) groups excluding carboxylic acids is 1. The van der Waals surface area contributed by atoms with Crippen LogP contribution >= 0.6 is 0 Å². The highest BCUT2D eigenvalue weighted by molar-refractivity contribution is 6.76. The molecule has 2 aliphatic heterocycles. The fraction of sp³-hybridized carbons (Fsp3) is 0.481. The summed E-state index contributed by atoms with van der Waals surface area (Å²) in [7, 11) is 0.333. The first-order valence-electron chi connectivity index (χ1n) is 12.9. The van der Waals surface area contributed by atoms with Gasteiger partial charge in [-0.15, -0.1) is 0 Å². The van der Waals surface area contributed by atoms with Crippen LogP contribution in [0.5, 0.6) is 5.75 Å². The number of halogens is 3. The van der Waals surface area contributed by atoms with Crippen LogP contribution in [-0.4, -0.2) is 48.7 Å². The summed E-state index contributed by atoms with van der Waals surface area (Å²) in [6, 6.07) is 5.64. The summed E-state index contributed by atoms with van der Waals surface area (Å²) in [5, 5.41) is 0. The van der Waals surface area contributed by atoms with E-state index in [0.717, 1.165) is 34.8 Å². The van der Waals surface area contributed by atoms with E-state index in [2.05, 4.69) is 24.6 Å². The van der Waals surface area contributed by atoms with Gasteiger partial charge < -0.3 is 29.4 Å². The van der Waals surface area contributed by atoms with Crippen molar-refractivity contribution in [2.75, 3.05) is 26.0 Å². The smallest absolute Gasteiger partial charge is 0.416 e. The lowest BCUT2D eigenvalue weighted by Crippen LogP contribution is -2.35. The Hall–Kier alpha value is -3.09. The molecular weight excluding hydrogens is 529 g/mol. The van der Waals surface area contributed by atoms with Crippen LogP contribution in [0.3, 0.4) is 0 Å². The molecule has 0 unspecified atom stereocenters. The lowest BCUT2D eigenvalue weighted by Gasteiger charge is -2.33. The van der Waals surface area contributed by atoms with Gasteiger partial charge in [-0.1, -0.05) is 25.7 Å². The molecule has 2 aromatic heterocycles. The van der Waals surface area contributed by atoms with Crippen molar-refractivity contribution < 1.29 is 32.2 Å². The zero-order valence-corrected chi connectivity index (χ0v) is 23.5. The van der Waals surface area contributed by atoms with E-state index >= 15 is 0 Å². The number of rotatable bonds is 7. The number of alkyl halides is 3. The molecule has 3 aromatic rings. The zero-order chi connectivity index (χ0) is 28.1. The number of hydrogen-bond donors (Lipinski definition) is 1. The molecule has 5 rings (SSSR count). The normalized spacial score (nSPS) is 17.2. The van der Waals surface area contributed by atoms with Crippen LogP contribution < -0.4 is 10.5 Å². The summed E-state index contributed by atoms with van der Waals surface area (Å²) in [4.78, 5) is 20.1. The molecule has 0 saturated heterocycles. The molecule has 4 heterocycles. The van der Waals surface area contributed by atoms with Crippen molar-refractivity contribution in [1.82, 2.24) is 14.5 Å². The highest BCUT2D eigenvalue weighted by Crippen LogP contribution is 2.41. The Labute approximate surface area is 225 Å². The van der Waals surface area contributed by atoms with Crippen molar-refractivity contribution in [3.05, 3.63) is 52.2 Å². The first-order chi connectivity index (χ1) is 18.3. The van der Waals surface area contributed by atoms with E-state index in [1.165, 1.54) is 6.07 Å². The summed E-state index contributed by atoms with van der Waals surface area (Å²) < 4.78 is 58.9. The van der Waals surface area contributed by atoms with Crippen LogP contribution in [-0.2, 0) is 35.6 Å². The summed E-state index contributed by atoms with van der Waals surface area (Å²) in [5.74, 6) is 0.212. The molecule has 0 fully saturated rings. The van der Waals surface area contributed by atoms with E-state index in [0.29, 0.717) is 48.8 Å². The van der Waals surface area contributed by atoms with Gasteiger partial charge in [-0.2, -0.15) is 13.2 Å². The second-order valence-electron chi connectivity index (χ2n) is 11.3. The SMILES string of the molecule is CN(C(=O)c1cc2nc(N)c3c(c2n1COCC[Si](C)(C)C)COC3)[C@@H]1CCOc2cc(C(F)(F)F)ccc21. The molecule has 1 atom stereocenters. The Morgan fingerprint density at radius 2 is 1.97 bits per heavy atom. The predicted octanol–water partition coefficient (Wildman–Crippen LogP) is 5.58. The second-order valence-corrected chi connectivity index (χ2v) is 16.9. The van der Waals surface area contributed by atoms with Gasteiger partial charge in [0.25, 0.3) is 5.91 Å². The van der Waals surface area contributed by atoms with E-state index < -0.39 is 25.9 Å². The van der Waals surface area contributed by atoms with Crippen LogP contribution in [0.4, 0.5) is 19.0 Å². The molecule has 1 amide bonds. The Morgan fingerprint density at radius 1 is 1.23 bits per heavy atom. The molecule has 8 nitrogen and oxygen atoms in total. The molecule has 0 radical (unpaired) electrons. The quantitative estimate of drug-likeness (QED) is 0.299. The highest BCUT2D eigenvalue weighted by Gasteiger charge is 2.35. The average Bonchev–Trinajstić information content (AvgIpc) is 3.49. The molecule has 39 heavy (non-hydrogen) atoms. The van der Waals surface area contributed by atoms with E-state index in [-0.39, 0.29) is 25.0 Å². The standard InChI is InChI=1S/C27H33F3N4O4Si/c1-33(21-7-8-38-23-11-16(27(28,29)30)5-6-17(21)23)26(35)22-12-20-24(18-13-37-14-19(18)25(31)32-20)34(22)15-36-9-10-39(2,3)4/h5-6,11-12,21H,7-10,13-15H2,1-4H3,(H2,31,32)/t21-/m1/s1. The Bertz CT molecular complexity index is 1420. The number of anilines is 1. The number of fused-ring (bicyclic) bond motifs is 4. The van der Waals surface area contributed by atoms with Crippen molar-refractivity contribution in [3.63, 3.8) is 0 Å². The number of pyridine rings is 1. The Balaban J connectivity index is 1.50. The van der Waals surface area contributed by atoms with Gasteiger partial charge >= 0.3 is 6.18 Å². The van der Waals surface area contributed by atoms with Gasteiger partial charge in [0.05, 0.1) is 42.5 Å². The van der Waals surface area contributed by atoms with Crippen molar-refractivity contribution in [2.45, 2.75) is 64.3 Å². The van der Waals surface area contributed by atoms with Gasteiger partial charge in [-0.05, 0) is 24.2 Å². The number of carbonyl (C=O) groups is 1. The third kappa shape index (κ3) is 5.37. The minimum Gasteiger partial charge on any atom is -0.493 e. The van der Waals surface area contributed by atoms with Crippen molar-refractivity contribution in [3.8, 4) is 5.75 Å². The van der Waals surface area contributed by atoms with Crippen LogP contribution in [0.1, 0.15) is 45.2 Å². The first kappa shape index (κ1) is 27.5. The predicted molar refractivity (Wildman–Crippen MR) is 143 cm³/mol. The van der Waals surface area contributed by atoms with Crippen molar-refractivity contribution in [1.29, 1.82) is 0 Å². The van der Waals surface area contributed by atoms with E-state index in [1.54, 1.807) is 18.0 Å². The van der Waals surface area contributed by atoms with E-state index in [1.807, 2.05) is 4.57 Å². The fourth-order valence-corrected chi connectivity index (χ4v) is 5.88. The number of nitrogens with two attached hydrogens (primary N) is 1. The second kappa shape index (κ2) is 10.1. The van der Waals surface area contributed by atoms with Gasteiger partial charge in [0.2, 0.25) is 0 Å². The molecule has 2 N–H and O–H groups in total. The Morgan fingerprint density at radius 3 is 2.69 bits per heavy atom. The molecule has 0 bridgehead atoms. The summed E-state index contributed by atoms with van der Waals surface area (Å²) in [6.07, 6.45) is -4.04. The summed E-state index contributed by atoms with van der Waals surface area (Å²) >= 11 is 0.